The molecule has 0 aliphatic heterocycles. The van der Waals surface area contributed by atoms with Gasteiger partial charge in [-0.05, 0) is 0 Å². The van der Waals surface area contributed by atoms with Crippen LogP contribution in [0.5, 0.6) is 0 Å². The summed E-state index contributed by atoms with van der Waals surface area (Å²) in [5.41, 5.74) is 0. The highest BCUT2D eigenvalue weighted by Gasteiger charge is 2.85. The summed E-state index contributed by atoms with van der Waals surface area (Å²) in [6.45, 7) is -2.82. The van der Waals surface area contributed by atoms with Gasteiger partial charge in [0.15, 0.2) is 0 Å². The second-order valence-electron chi connectivity index (χ2n) is 6.26. The summed E-state index contributed by atoms with van der Waals surface area (Å²) >= 11 is 0. The van der Waals surface area contributed by atoms with E-state index in [-0.39, 0.29) is 0 Å². The number of alkyl halides is 19. The quantitative estimate of drug-likeness (QED) is 0.141. The molecule has 0 aromatic heterocycles. The molecule has 27 heteroatoms. The maximum absolute atomic E-state index is 13.3. The van der Waals surface area contributed by atoms with E-state index in [4.69, 9.17) is 0 Å². The van der Waals surface area contributed by atoms with Crippen LogP contribution in [0.2, 0.25) is 0 Å². The second-order valence-corrected chi connectivity index (χ2v) is 8.14. The third kappa shape index (κ3) is 7.90. The van der Waals surface area contributed by atoms with Crippen molar-refractivity contribution in [1.82, 2.24) is 0 Å². The Morgan fingerprint density at radius 3 is 1.10 bits per heavy atom. The zero-order valence-electron chi connectivity index (χ0n) is 17.7. The van der Waals surface area contributed by atoms with Gasteiger partial charge in [-0.3, -0.25) is 13.6 Å². The maximum Gasteiger partial charge on any atom is 0.474 e. The summed E-state index contributed by atoms with van der Waals surface area (Å²) in [7, 11) is -4.16. The van der Waals surface area contributed by atoms with E-state index in [2.05, 4.69) is 18.3 Å². The maximum atomic E-state index is 13.3. The first-order chi connectivity index (χ1) is 16.7. The highest BCUT2D eigenvalue weighted by molar-refractivity contribution is 7.48. The van der Waals surface area contributed by atoms with Crippen LogP contribution < -0.4 is 0 Å². The zero-order chi connectivity index (χ0) is 31.9. The summed E-state index contributed by atoms with van der Waals surface area (Å²) in [5.74, 6) is -16.2. The molecule has 0 bridgehead atoms. The van der Waals surface area contributed by atoms with Crippen LogP contribution in [0.3, 0.4) is 0 Å². The molecule has 0 amide bonds. The Labute approximate surface area is 200 Å². The van der Waals surface area contributed by atoms with Crippen molar-refractivity contribution >= 4 is 7.82 Å². The lowest BCUT2D eigenvalue weighted by atomic mass is 10.1. The van der Waals surface area contributed by atoms with Crippen molar-refractivity contribution in [2.75, 3.05) is 20.8 Å². The molecule has 0 saturated carbocycles. The van der Waals surface area contributed by atoms with Crippen molar-refractivity contribution in [3.8, 4) is 0 Å². The normalized spacial score (nSPS) is 16.1. The highest BCUT2D eigenvalue weighted by Crippen LogP contribution is 2.56. The van der Waals surface area contributed by atoms with Gasteiger partial charge in [0.25, 0.3) is 0 Å². The fourth-order valence-corrected chi connectivity index (χ4v) is 2.20. The van der Waals surface area contributed by atoms with Crippen LogP contribution in [0, 0.1) is 0 Å². The number of halogens is 19. The van der Waals surface area contributed by atoms with Gasteiger partial charge in [-0.1, -0.05) is 0 Å². The fraction of sp³-hybridized carbons (Fsp3) is 1.00. The van der Waals surface area contributed by atoms with E-state index < -0.39 is 69.1 Å². The van der Waals surface area contributed by atoms with E-state index in [1.54, 1.807) is 0 Å². The molecule has 0 atom stereocenters. The molecule has 0 unspecified atom stereocenters. The predicted molar refractivity (Wildman–Crippen MR) is 76.5 cm³/mol. The van der Waals surface area contributed by atoms with Crippen LogP contribution in [0.4, 0.5) is 83.4 Å². The Bertz CT molecular complexity index is 881. The minimum atomic E-state index is -8.21. The fourth-order valence-electron chi connectivity index (χ4n) is 1.54. The summed E-state index contributed by atoms with van der Waals surface area (Å²) in [4.78, 5) is 0. The molecule has 39 heavy (non-hydrogen) atoms. The number of ether oxygens (including phenoxy) is 3. The van der Waals surface area contributed by atoms with Crippen LogP contribution in [-0.2, 0) is 32.3 Å². The standard InChI is InChI=1S/C12H8F19O7P/c1-33-39(32,34-2)35-3-4(13,14)36-9(24,25)10(26,27)38-12(30,31)11(28,29)37-8(22,23)6(17,18)5(15,16)7(19,20)21/h3H2,1-2H3. The van der Waals surface area contributed by atoms with Crippen LogP contribution in [0.15, 0.2) is 0 Å². The van der Waals surface area contributed by atoms with Gasteiger partial charge in [0, 0.05) is 14.2 Å². The van der Waals surface area contributed by atoms with Crippen molar-refractivity contribution in [3.05, 3.63) is 0 Å². The molecular weight excluding hydrogens is 648 g/mol. The van der Waals surface area contributed by atoms with Crippen molar-refractivity contribution in [1.29, 1.82) is 0 Å². The molecule has 236 valence electrons. The number of hydrogen-bond acceptors (Lipinski definition) is 7. The molecule has 0 aromatic carbocycles. The Kier molecular flexibility index (Phi) is 10.4. The summed E-state index contributed by atoms with van der Waals surface area (Å²) in [6.07, 6.45) is -52.2. The Hall–Kier alpha value is -1.34. The van der Waals surface area contributed by atoms with Crippen LogP contribution >= 0.6 is 7.82 Å². The minimum absolute atomic E-state index is 0.424. The zero-order valence-corrected chi connectivity index (χ0v) is 18.6. The van der Waals surface area contributed by atoms with Gasteiger partial charge in [0.1, 0.15) is 6.61 Å². The van der Waals surface area contributed by atoms with Crippen molar-refractivity contribution in [2.45, 2.75) is 54.7 Å². The van der Waals surface area contributed by atoms with Gasteiger partial charge in [-0.15, -0.1) is 0 Å². The third-order valence-corrected chi connectivity index (χ3v) is 4.76. The average molecular weight is 656 g/mol. The first kappa shape index (κ1) is 37.7. The molecule has 0 radical (unpaired) electrons. The molecule has 0 N–H and O–H groups in total. The second kappa shape index (κ2) is 10.8. The molecule has 0 aliphatic rings. The number of phosphoric acid groups is 1. The molecule has 0 heterocycles. The van der Waals surface area contributed by atoms with Gasteiger partial charge >= 0.3 is 62.5 Å². The molecule has 0 aromatic rings. The Balaban J connectivity index is 6.01. The van der Waals surface area contributed by atoms with Crippen LogP contribution in [0.25, 0.3) is 0 Å². The third-order valence-electron chi connectivity index (χ3n) is 3.42. The van der Waals surface area contributed by atoms with E-state index >= 15 is 0 Å². The summed E-state index contributed by atoms with van der Waals surface area (Å²) < 4.78 is 273. The lowest BCUT2D eigenvalue weighted by Crippen LogP contribution is -2.65. The first-order valence-electron chi connectivity index (χ1n) is 8.25. The number of rotatable bonds is 15. The number of hydrogen-bond donors (Lipinski definition) is 0. The SMILES string of the molecule is COP(=O)(OC)OCC(F)(F)OC(F)(F)C(F)(F)OC(F)(F)C(F)(F)OC(F)(F)C(F)(F)C(F)(F)C(F)(F)F. The van der Waals surface area contributed by atoms with Gasteiger partial charge in [-0.25, -0.2) is 18.8 Å². The Morgan fingerprint density at radius 2 is 0.795 bits per heavy atom. The van der Waals surface area contributed by atoms with Crippen LogP contribution in [-0.4, -0.2) is 75.5 Å². The molecule has 0 spiro atoms. The van der Waals surface area contributed by atoms with Gasteiger partial charge in [-0.2, -0.15) is 83.4 Å². The monoisotopic (exact) mass is 656 g/mol. The van der Waals surface area contributed by atoms with E-state index in [1.165, 1.54) is 9.47 Å². The van der Waals surface area contributed by atoms with E-state index in [9.17, 15) is 88.0 Å². The van der Waals surface area contributed by atoms with Crippen molar-refractivity contribution in [2.24, 2.45) is 0 Å². The Morgan fingerprint density at radius 1 is 0.487 bits per heavy atom. The van der Waals surface area contributed by atoms with Gasteiger partial charge in [0.2, 0.25) is 0 Å². The van der Waals surface area contributed by atoms with E-state index in [0.29, 0.717) is 14.2 Å². The predicted octanol–water partition coefficient (Wildman–Crippen LogP) is 6.84. The van der Waals surface area contributed by atoms with Crippen molar-refractivity contribution in [3.63, 3.8) is 0 Å². The lowest BCUT2D eigenvalue weighted by Gasteiger charge is -2.37. The lowest BCUT2D eigenvalue weighted by molar-refractivity contribution is -0.569. The molecule has 0 aliphatic carbocycles. The summed E-state index contributed by atoms with van der Waals surface area (Å²) in [6, 6.07) is 0. The van der Waals surface area contributed by atoms with Crippen molar-refractivity contribution < 1.29 is 116 Å². The molecular formula is C12H8F19O7P. The average Bonchev–Trinajstić information content (AvgIpc) is 2.68. The van der Waals surface area contributed by atoms with Gasteiger partial charge < -0.3 is 0 Å². The smallest absolute Gasteiger partial charge is 0.290 e. The molecule has 0 rings (SSSR count). The largest absolute Gasteiger partial charge is 0.474 e. The highest BCUT2D eigenvalue weighted by atomic mass is 31.2. The van der Waals surface area contributed by atoms with Gasteiger partial charge in [0.05, 0.1) is 0 Å². The topological polar surface area (TPSA) is 72.5 Å². The van der Waals surface area contributed by atoms with Crippen LogP contribution in [0.1, 0.15) is 0 Å². The first-order valence-corrected chi connectivity index (χ1v) is 9.72. The summed E-state index contributed by atoms with van der Waals surface area (Å²) in [5, 5.41) is 0. The number of phosphoric ester groups is 1. The van der Waals surface area contributed by atoms with E-state index in [0.717, 1.165) is 0 Å². The molecule has 7 nitrogen and oxygen atoms in total. The molecule has 0 fully saturated rings. The minimum Gasteiger partial charge on any atom is -0.290 e. The van der Waals surface area contributed by atoms with E-state index in [1.807, 2.05) is 0 Å². The molecule has 0 saturated heterocycles.